The van der Waals surface area contributed by atoms with Crippen LogP contribution in [0.25, 0.3) is 0 Å². The van der Waals surface area contributed by atoms with Gasteiger partial charge >= 0.3 is 0 Å². The van der Waals surface area contributed by atoms with Gasteiger partial charge in [0.1, 0.15) is 9.84 Å². The van der Waals surface area contributed by atoms with Crippen molar-refractivity contribution in [2.75, 3.05) is 50.5 Å². The van der Waals surface area contributed by atoms with Gasteiger partial charge in [0, 0.05) is 49.1 Å². The van der Waals surface area contributed by atoms with Crippen LogP contribution in [0.15, 0.2) is 40.2 Å². The SMILES string of the molecule is CCNC(=NCCS(=O)c1ccccc1)NC1CCN(CCS(C)(=O)=O)CC1. The quantitative estimate of drug-likeness (QED) is 0.448. The highest BCUT2D eigenvalue weighted by molar-refractivity contribution is 7.90. The van der Waals surface area contributed by atoms with Crippen LogP contribution in [0.5, 0.6) is 0 Å². The third-order valence-corrected chi connectivity index (χ3v) is 6.88. The topological polar surface area (TPSA) is 90.9 Å². The predicted molar refractivity (Wildman–Crippen MR) is 116 cm³/mol. The van der Waals surface area contributed by atoms with Crippen LogP contribution in [0.3, 0.4) is 0 Å². The Balaban J connectivity index is 1.77. The molecule has 2 rings (SSSR count). The molecule has 0 amide bonds. The molecule has 2 N–H and O–H groups in total. The monoisotopic (exact) mass is 428 g/mol. The molecule has 158 valence electrons. The van der Waals surface area contributed by atoms with Crippen molar-refractivity contribution in [1.82, 2.24) is 15.5 Å². The van der Waals surface area contributed by atoms with E-state index in [4.69, 9.17) is 0 Å². The molecule has 9 heteroatoms. The van der Waals surface area contributed by atoms with E-state index in [9.17, 15) is 12.6 Å². The zero-order chi connectivity index (χ0) is 20.4. The largest absolute Gasteiger partial charge is 0.357 e. The van der Waals surface area contributed by atoms with Gasteiger partial charge in [0.25, 0.3) is 0 Å². The lowest BCUT2D eigenvalue weighted by molar-refractivity contribution is 0.216. The van der Waals surface area contributed by atoms with Crippen LogP contribution in [0.2, 0.25) is 0 Å². The normalized spacial score (nSPS) is 18.0. The number of likely N-dealkylation sites (tertiary alicyclic amines) is 1. The van der Waals surface area contributed by atoms with Crippen molar-refractivity contribution < 1.29 is 12.6 Å². The minimum atomic E-state index is -2.91. The van der Waals surface area contributed by atoms with Crippen LogP contribution in [-0.2, 0) is 20.6 Å². The summed E-state index contributed by atoms with van der Waals surface area (Å²) < 4.78 is 34.9. The fourth-order valence-corrected chi connectivity index (χ4v) is 4.58. The van der Waals surface area contributed by atoms with Crippen LogP contribution < -0.4 is 10.6 Å². The molecule has 0 bridgehead atoms. The van der Waals surface area contributed by atoms with E-state index >= 15 is 0 Å². The van der Waals surface area contributed by atoms with Gasteiger partial charge in [-0.05, 0) is 31.9 Å². The summed E-state index contributed by atoms with van der Waals surface area (Å²) in [4.78, 5) is 7.60. The maximum atomic E-state index is 12.3. The van der Waals surface area contributed by atoms with Crippen LogP contribution >= 0.6 is 0 Å². The van der Waals surface area contributed by atoms with Crippen LogP contribution in [0.1, 0.15) is 19.8 Å². The standard InChI is InChI=1S/C19H32N4O3S2/c1-3-20-19(21-11-15-27(24)18-7-5-4-6-8-18)22-17-9-12-23(13-10-17)14-16-28(2,25)26/h4-8,17H,3,9-16H2,1-2H3,(H2,20,21,22). The minimum absolute atomic E-state index is 0.216. The van der Waals surface area contributed by atoms with Gasteiger partial charge in [-0.3, -0.25) is 9.20 Å². The number of hydrogen-bond donors (Lipinski definition) is 2. The molecule has 0 radical (unpaired) electrons. The summed E-state index contributed by atoms with van der Waals surface area (Å²) in [6, 6.07) is 9.77. The average molecular weight is 429 g/mol. The molecule has 1 saturated heterocycles. The number of piperidine rings is 1. The van der Waals surface area contributed by atoms with Gasteiger partial charge in [-0.1, -0.05) is 18.2 Å². The maximum Gasteiger partial charge on any atom is 0.191 e. The highest BCUT2D eigenvalue weighted by Crippen LogP contribution is 2.10. The molecular weight excluding hydrogens is 396 g/mol. The number of guanidine groups is 1. The average Bonchev–Trinajstić information content (AvgIpc) is 2.67. The third-order valence-electron chi connectivity index (χ3n) is 4.60. The van der Waals surface area contributed by atoms with Crippen LogP contribution in [-0.4, -0.2) is 80.0 Å². The van der Waals surface area contributed by atoms with Crippen molar-refractivity contribution in [1.29, 1.82) is 0 Å². The van der Waals surface area contributed by atoms with Gasteiger partial charge < -0.3 is 15.5 Å². The van der Waals surface area contributed by atoms with E-state index in [-0.39, 0.29) is 5.75 Å². The summed E-state index contributed by atoms with van der Waals surface area (Å²) >= 11 is 0. The summed E-state index contributed by atoms with van der Waals surface area (Å²) in [7, 11) is -3.96. The van der Waals surface area contributed by atoms with Gasteiger partial charge in [0.05, 0.1) is 23.1 Å². The highest BCUT2D eigenvalue weighted by atomic mass is 32.2. The van der Waals surface area contributed by atoms with Crippen LogP contribution in [0, 0.1) is 0 Å². The summed E-state index contributed by atoms with van der Waals surface area (Å²) in [5, 5.41) is 6.70. The Hall–Kier alpha value is -1.45. The Morgan fingerprint density at radius 3 is 2.54 bits per heavy atom. The summed E-state index contributed by atoms with van der Waals surface area (Å²) in [5.74, 6) is 1.46. The Morgan fingerprint density at radius 1 is 1.25 bits per heavy atom. The second-order valence-electron chi connectivity index (χ2n) is 7.01. The van der Waals surface area contributed by atoms with E-state index in [1.165, 1.54) is 6.26 Å². The number of rotatable bonds is 9. The van der Waals surface area contributed by atoms with E-state index in [2.05, 4.69) is 20.5 Å². The van der Waals surface area contributed by atoms with Crippen molar-refractivity contribution in [3.05, 3.63) is 30.3 Å². The van der Waals surface area contributed by atoms with E-state index in [0.29, 0.717) is 24.9 Å². The first-order chi connectivity index (χ1) is 13.4. The Labute approximate surface area is 171 Å². The molecule has 0 aliphatic carbocycles. The zero-order valence-corrected chi connectivity index (χ0v) is 18.4. The molecule has 1 aliphatic heterocycles. The van der Waals surface area contributed by atoms with E-state index in [1.807, 2.05) is 37.3 Å². The molecule has 0 saturated carbocycles. The first-order valence-corrected chi connectivity index (χ1v) is 13.1. The highest BCUT2D eigenvalue weighted by Gasteiger charge is 2.20. The number of nitrogens with one attached hydrogen (secondary N) is 2. The Kier molecular flexibility index (Phi) is 9.40. The zero-order valence-electron chi connectivity index (χ0n) is 16.8. The molecule has 7 nitrogen and oxygen atoms in total. The number of hydrogen-bond acceptors (Lipinski definition) is 5. The van der Waals surface area contributed by atoms with Crippen molar-refractivity contribution in [2.24, 2.45) is 4.99 Å². The van der Waals surface area contributed by atoms with Gasteiger partial charge in [0.2, 0.25) is 0 Å². The number of aliphatic imine (C=N–C) groups is 1. The lowest BCUT2D eigenvalue weighted by Crippen LogP contribution is -2.49. The molecule has 0 aromatic heterocycles. The van der Waals surface area contributed by atoms with Gasteiger partial charge in [0.15, 0.2) is 5.96 Å². The number of benzene rings is 1. The molecule has 0 spiro atoms. The molecule has 28 heavy (non-hydrogen) atoms. The molecule has 1 aromatic rings. The Bertz CT molecular complexity index is 746. The minimum Gasteiger partial charge on any atom is -0.357 e. The summed E-state index contributed by atoms with van der Waals surface area (Å²) in [6.45, 7) is 5.64. The van der Waals surface area contributed by atoms with Crippen molar-refractivity contribution in [3.8, 4) is 0 Å². The fraction of sp³-hybridized carbons (Fsp3) is 0.632. The molecule has 1 atom stereocenters. The smallest absolute Gasteiger partial charge is 0.191 e. The van der Waals surface area contributed by atoms with Gasteiger partial charge in [-0.25, -0.2) is 8.42 Å². The van der Waals surface area contributed by atoms with Gasteiger partial charge in [-0.2, -0.15) is 0 Å². The number of sulfone groups is 1. The van der Waals surface area contributed by atoms with Gasteiger partial charge in [-0.15, -0.1) is 0 Å². The van der Waals surface area contributed by atoms with E-state index < -0.39 is 20.6 Å². The van der Waals surface area contributed by atoms with E-state index in [1.54, 1.807) is 0 Å². The second-order valence-corrected chi connectivity index (χ2v) is 10.8. The lowest BCUT2D eigenvalue weighted by atomic mass is 10.1. The predicted octanol–water partition coefficient (Wildman–Crippen LogP) is 0.858. The lowest BCUT2D eigenvalue weighted by Gasteiger charge is -2.32. The third kappa shape index (κ3) is 8.70. The van der Waals surface area contributed by atoms with E-state index in [0.717, 1.165) is 43.3 Å². The second kappa shape index (κ2) is 11.5. The first-order valence-electron chi connectivity index (χ1n) is 9.75. The van der Waals surface area contributed by atoms with Crippen LogP contribution in [0.4, 0.5) is 0 Å². The molecule has 1 aliphatic rings. The maximum absolute atomic E-state index is 12.3. The summed E-state index contributed by atoms with van der Waals surface area (Å²) in [6.07, 6.45) is 3.18. The number of nitrogens with zero attached hydrogens (tertiary/aromatic N) is 2. The summed E-state index contributed by atoms with van der Waals surface area (Å²) in [5.41, 5.74) is 0. The molecule has 1 aromatic carbocycles. The fourth-order valence-electron chi connectivity index (χ4n) is 3.04. The van der Waals surface area contributed by atoms with Crippen molar-refractivity contribution >= 4 is 26.6 Å². The van der Waals surface area contributed by atoms with Crippen molar-refractivity contribution in [2.45, 2.75) is 30.7 Å². The molecule has 1 heterocycles. The molecular formula is C19H32N4O3S2. The Morgan fingerprint density at radius 2 is 1.93 bits per heavy atom. The molecule has 1 unspecified atom stereocenters. The first kappa shape index (κ1) is 22.8. The van der Waals surface area contributed by atoms with Crippen molar-refractivity contribution in [3.63, 3.8) is 0 Å². The molecule has 1 fully saturated rings.